The minimum atomic E-state index is -0.386. The van der Waals surface area contributed by atoms with Crippen LogP contribution in [0.3, 0.4) is 0 Å². The topological polar surface area (TPSA) is 38.8 Å². The Morgan fingerprint density at radius 3 is 2.35 bits per heavy atom. The first-order valence-electron chi connectivity index (χ1n) is 7.00. The molecule has 0 aromatic heterocycles. The first kappa shape index (κ1) is 16.5. The Bertz CT molecular complexity index is 416. The molecule has 4 heteroatoms. The van der Waals surface area contributed by atoms with Crippen LogP contribution in [0.2, 0.25) is 0 Å². The lowest BCUT2D eigenvalue weighted by molar-refractivity contribution is -0.142. The monoisotopic (exact) mass is 279 g/mol. The standard InChI is InChI=1S/C16H25NO3/c1-6-20-13(3)16(18)17(4)12(2)11-14-7-9-15(19-5)10-8-14/h7-10,12-13H,6,11H2,1-5H3. The molecule has 0 aliphatic carbocycles. The van der Waals surface area contributed by atoms with Crippen molar-refractivity contribution in [3.05, 3.63) is 29.8 Å². The van der Waals surface area contributed by atoms with E-state index in [1.165, 1.54) is 5.56 Å². The molecule has 0 aliphatic rings. The van der Waals surface area contributed by atoms with Gasteiger partial charge >= 0.3 is 0 Å². The third-order valence-corrected chi connectivity index (χ3v) is 3.46. The van der Waals surface area contributed by atoms with Crippen molar-refractivity contribution in [2.45, 2.75) is 39.3 Å². The van der Waals surface area contributed by atoms with Crippen molar-refractivity contribution in [3.63, 3.8) is 0 Å². The van der Waals surface area contributed by atoms with Gasteiger partial charge in [-0.25, -0.2) is 0 Å². The summed E-state index contributed by atoms with van der Waals surface area (Å²) in [5.74, 6) is 0.865. The summed E-state index contributed by atoms with van der Waals surface area (Å²) in [6, 6.07) is 8.05. The third-order valence-electron chi connectivity index (χ3n) is 3.46. The average Bonchev–Trinajstić information content (AvgIpc) is 2.46. The van der Waals surface area contributed by atoms with Crippen LogP contribution in [-0.4, -0.2) is 43.7 Å². The van der Waals surface area contributed by atoms with Gasteiger partial charge in [0.05, 0.1) is 7.11 Å². The number of hydrogen-bond donors (Lipinski definition) is 0. The van der Waals surface area contributed by atoms with Gasteiger partial charge in [-0.05, 0) is 44.9 Å². The minimum absolute atomic E-state index is 0.0212. The van der Waals surface area contributed by atoms with Gasteiger partial charge in [0.15, 0.2) is 0 Å². The van der Waals surface area contributed by atoms with Crippen molar-refractivity contribution >= 4 is 5.91 Å². The molecule has 0 heterocycles. The maximum atomic E-state index is 12.1. The van der Waals surface area contributed by atoms with Crippen LogP contribution in [0.15, 0.2) is 24.3 Å². The molecule has 0 saturated heterocycles. The highest BCUT2D eigenvalue weighted by Crippen LogP contribution is 2.14. The van der Waals surface area contributed by atoms with E-state index in [-0.39, 0.29) is 18.1 Å². The Hall–Kier alpha value is -1.55. The molecule has 0 spiro atoms. The number of rotatable bonds is 7. The van der Waals surface area contributed by atoms with Gasteiger partial charge in [0.1, 0.15) is 11.9 Å². The molecular formula is C16H25NO3. The smallest absolute Gasteiger partial charge is 0.251 e. The van der Waals surface area contributed by atoms with Crippen molar-refractivity contribution in [1.82, 2.24) is 4.90 Å². The number of amides is 1. The molecule has 0 aliphatic heterocycles. The van der Waals surface area contributed by atoms with E-state index in [0.29, 0.717) is 6.61 Å². The Labute approximate surface area is 121 Å². The van der Waals surface area contributed by atoms with Gasteiger partial charge in [-0.1, -0.05) is 12.1 Å². The van der Waals surface area contributed by atoms with Crippen molar-refractivity contribution in [1.29, 1.82) is 0 Å². The second-order valence-electron chi connectivity index (χ2n) is 4.95. The number of methoxy groups -OCH3 is 1. The number of ether oxygens (including phenoxy) is 2. The van der Waals surface area contributed by atoms with Crippen LogP contribution < -0.4 is 4.74 Å². The van der Waals surface area contributed by atoms with Crippen LogP contribution >= 0.6 is 0 Å². The fourth-order valence-electron chi connectivity index (χ4n) is 2.06. The fraction of sp³-hybridized carbons (Fsp3) is 0.562. The van der Waals surface area contributed by atoms with Gasteiger partial charge in [0.25, 0.3) is 5.91 Å². The summed E-state index contributed by atoms with van der Waals surface area (Å²) in [5, 5.41) is 0. The zero-order chi connectivity index (χ0) is 15.1. The van der Waals surface area contributed by atoms with Crippen molar-refractivity contribution < 1.29 is 14.3 Å². The molecule has 20 heavy (non-hydrogen) atoms. The molecule has 0 radical (unpaired) electrons. The van der Waals surface area contributed by atoms with E-state index < -0.39 is 0 Å². The Balaban J connectivity index is 2.60. The highest BCUT2D eigenvalue weighted by Gasteiger charge is 2.21. The molecule has 2 atom stereocenters. The Morgan fingerprint density at radius 2 is 1.85 bits per heavy atom. The van der Waals surface area contributed by atoms with E-state index in [2.05, 4.69) is 0 Å². The van der Waals surface area contributed by atoms with Gasteiger partial charge in [-0.2, -0.15) is 0 Å². The third kappa shape index (κ3) is 4.53. The molecule has 1 amide bonds. The summed E-state index contributed by atoms with van der Waals surface area (Å²) in [6.07, 6.45) is 0.425. The molecule has 4 nitrogen and oxygen atoms in total. The highest BCUT2D eigenvalue weighted by molar-refractivity contribution is 5.80. The second-order valence-corrected chi connectivity index (χ2v) is 4.95. The summed E-state index contributed by atoms with van der Waals surface area (Å²) < 4.78 is 10.5. The molecule has 1 aromatic carbocycles. The molecule has 0 bridgehead atoms. The summed E-state index contributed by atoms with van der Waals surface area (Å²) in [7, 11) is 3.48. The fourth-order valence-corrected chi connectivity index (χ4v) is 2.06. The number of hydrogen-bond acceptors (Lipinski definition) is 3. The van der Waals surface area contributed by atoms with E-state index in [4.69, 9.17) is 9.47 Å². The lowest BCUT2D eigenvalue weighted by atomic mass is 10.1. The minimum Gasteiger partial charge on any atom is -0.497 e. The SMILES string of the molecule is CCOC(C)C(=O)N(C)C(C)Cc1ccc(OC)cc1. The number of nitrogens with zero attached hydrogens (tertiary/aromatic N) is 1. The van der Waals surface area contributed by atoms with E-state index >= 15 is 0 Å². The molecule has 1 rings (SSSR count). The van der Waals surface area contributed by atoms with Crippen LogP contribution in [0.4, 0.5) is 0 Å². The van der Waals surface area contributed by atoms with Crippen molar-refractivity contribution in [2.24, 2.45) is 0 Å². The lowest BCUT2D eigenvalue weighted by Gasteiger charge is -2.27. The van der Waals surface area contributed by atoms with Gasteiger partial charge in [-0.15, -0.1) is 0 Å². The molecule has 1 aromatic rings. The molecular weight excluding hydrogens is 254 g/mol. The van der Waals surface area contributed by atoms with Gasteiger partial charge in [0.2, 0.25) is 0 Å². The maximum absolute atomic E-state index is 12.1. The first-order valence-corrected chi connectivity index (χ1v) is 7.00. The van der Waals surface area contributed by atoms with Crippen molar-refractivity contribution in [2.75, 3.05) is 20.8 Å². The molecule has 112 valence electrons. The van der Waals surface area contributed by atoms with Gasteiger partial charge < -0.3 is 14.4 Å². The molecule has 2 unspecified atom stereocenters. The number of carbonyl (C=O) groups excluding carboxylic acids is 1. The summed E-state index contributed by atoms with van der Waals surface area (Å²) in [5.41, 5.74) is 1.18. The largest absolute Gasteiger partial charge is 0.497 e. The molecule has 0 N–H and O–H groups in total. The Morgan fingerprint density at radius 1 is 1.25 bits per heavy atom. The van der Waals surface area contributed by atoms with Crippen LogP contribution in [0.1, 0.15) is 26.3 Å². The first-order chi connectivity index (χ1) is 9.49. The predicted molar refractivity (Wildman–Crippen MR) is 80.0 cm³/mol. The van der Waals surface area contributed by atoms with Gasteiger partial charge in [0, 0.05) is 19.7 Å². The highest BCUT2D eigenvalue weighted by atomic mass is 16.5. The predicted octanol–water partition coefficient (Wildman–Crippen LogP) is 2.51. The van der Waals surface area contributed by atoms with Crippen LogP contribution in [0, 0.1) is 0 Å². The van der Waals surface area contributed by atoms with Crippen LogP contribution in [0.25, 0.3) is 0 Å². The zero-order valence-corrected chi connectivity index (χ0v) is 13.1. The summed E-state index contributed by atoms with van der Waals surface area (Å²) in [6.45, 7) is 6.28. The molecule has 0 fully saturated rings. The maximum Gasteiger partial charge on any atom is 0.251 e. The molecule has 0 saturated carbocycles. The summed E-state index contributed by atoms with van der Waals surface area (Å²) in [4.78, 5) is 13.9. The second kappa shape index (κ2) is 7.90. The number of likely N-dealkylation sites (N-methyl/N-ethyl adjacent to an activating group) is 1. The summed E-state index contributed by atoms with van der Waals surface area (Å²) >= 11 is 0. The van der Waals surface area contributed by atoms with E-state index in [9.17, 15) is 4.79 Å². The average molecular weight is 279 g/mol. The van der Waals surface area contributed by atoms with E-state index in [1.807, 2.05) is 45.2 Å². The van der Waals surface area contributed by atoms with Crippen LogP contribution in [-0.2, 0) is 16.0 Å². The normalized spacial score (nSPS) is 13.7. The van der Waals surface area contributed by atoms with Gasteiger partial charge in [-0.3, -0.25) is 4.79 Å². The van der Waals surface area contributed by atoms with Crippen LogP contribution in [0.5, 0.6) is 5.75 Å². The lowest BCUT2D eigenvalue weighted by Crippen LogP contribution is -2.42. The van der Waals surface area contributed by atoms with E-state index in [0.717, 1.165) is 12.2 Å². The Kier molecular flexibility index (Phi) is 6.52. The number of benzene rings is 1. The zero-order valence-electron chi connectivity index (χ0n) is 13.1. The quantitative estimate of drug-likeness (QED) is 0.770. The van der Waals surface area contributed by atoms with E-state index in [1.54, 1.807) is 18.9 Å². The number of carbonyl (C=O) groups is 1. The van der Waals surface area contributed by atoms with Crippen molar-refractivity contribution in [3.8, 4) is 5.75 Å².